The van der Waals surface area contributed by atoms with Crippen molar-refractivity contribution in [1.82, 2.24) is 9.80 Å². The normalized spacial score (nSPS) is 17.2. The zero-order valence-electron chi connectivity index (χ0n) is 11.7. The minimum atomic E-state index is -0.0131. The number of β-amino-alcohol motifs (C(OH)–C–C–N with tert-alkyl or cyclic N) is 1. The summed E-state index contributed by atoms with van der Waals surface area (Å²) in [5.74, 6) is 0.0474. The second-order valence-corrected chi connectivity index (χ2v) is 5.10. The molecule has 1 heterocycles. The molecule has 0 aliphatic carbocycles. The van der Waals surface area contributed by atoms with Gasteiger partial charge in [-0.3, -0.25) is 9.69 Å². The number of hydrogen-bond acceptors (Lipinski definition) is 5. The molecule has 0 unspecified atom stereocenters. The maximum atomic E-state index is 12.0. The van der Waals surface area contributed by atoms with E-state index in [-0.39, 0.29) is 18.1 Å². The van der Waals surface area contributed by atoms with E-state index in [0.29, 0.717) is 12.0 Å². The third kappa shape index (κ3) is 4.03. The number of carbonyl (C=O) groups excluding carboxylic acids is 1. The third-order valence-electron chi connectivity index (χ3n) is 3.74. The van der Waals surface area contributed by atoms with Crippen molar-refractivity contribution >= 4 is 5.78 Å². The van der Waals surface area contributed by atoms with E-state index >= 15 is 0 Å². The summed E-state index contributed by atoms with van der Waals surface area (Å²) in [4.78, 5) is 16.5. The van der Waals surface area contributed by atoms with Gasteiger partial charge in [-0.1, -0.05) is 12.1 Å². The number of para-hydroxylation sites is 1. The maximum absolute atomic E-state index is 12.0. The molecule has 5 heteroatoms. The van der Waals surface area contributed by atoms with Crippen LogP contribution in [-0.4, -0.2) is 71.7 Å². The van der Waals surface area contributed by atoms with Crippen LogP contribution in [0.2, 0.25) is 0 Å². The van der Waals surface area contributed by atoms with Crippen molar-refractivity contribution in [3.05, 3.63) is 29.8 Å². The predicted octanol–water partition coefficient (Wildman–Crippen LogP) is 0.575. The second-order valence-electron chi connectivity index (χ2n) is 5.10. The van der Waals surface area contributed by atoms with Crippen molar-refractivity contribution in [2.45, 2.75) is 6.42 Å². The zero-order chi connectivity index (χ0) is 14.4. The van der Waals surface area contributed by atoms with Crippen LogP contribution in [0.4, 0.5) is 0 Å². The maximum Gasteiger partial charge on any atom is 0.167 e. The Kier molecular flexibility index (Phi) is 5.52. The number of aliphatic hydroxyl groups excluding tert-OH is 1. The van der Waals surface area contributed by atoms with Crippen LogP contribution in [0.15, 0.2) is 24.3 Å². The van der Waals surface area contributed by atoms with Gasteiger partial charge in [0.1, 0.15) is 5.75 Å². The van der Waals surface area contributed by atoms with Crippen LogP contribution in [0.3, 0.4) is 0 Å². The first-order valence-electron chi connectivity index (χ1n) is 7.07. The zero-order valence-corrected chi connectivity index (χ0v) is 11.7. The van der Waals surface area contributed by atoms with Gasteiger partial charge in [-0.05, 0) is 12.1 Å². The molecule has 1 aliphatic heterocycles. The van der Waals surface area contributed by atoms with Crippen molar-refractivity contribution in [1.29, 1.82) is 0 Å². The number of Topliss-reactive ketones (excluding diaryl/α,β-unsaturated/α-hetero) is 1. The molecule has 0 radical (unpaired) electrons. The Morgan fingerprint density at radius 3 is 2.25 bits per heavy atom. The monoisotopic (exact) mass is 278 g/mol. The van der Waals surface area contributed by atoms with E-state index in [1.54, 1.807) is 24.3 Å². The molecule has 1 aromatic carbocycles. The molecule has 5 nitrogen and oxygen atoms in total. The second kappa shape index (κ2) is 7.38. The van der Waals surface area contributed by atoms with E-state index < -0.39 is 0 Å². The number of nitrogens with zero attached hydrogens (tertiary/aromatic N) is 2. The highest BCUT2D eigenvalue weighted by molar-refractivity contribution is 5.98. The summed E-state index contributed by atoms with van der Waals surface area (Å²) < 4.78 is 0. The van der Waals surface area contributed by atoms with Gasteiger partial charge < -0.3 is 15.1 Å². The lowest BCUT2D eigenvalue weighted by Gasteiger charge is -2.34. The molecule has 0 atom stereocenters. The molecular formula is C15H22N2O3. The van der Waals surface area contributed by atoms with Crippen molar-refractivity contribution in [2.75, 3.05) is 45.9 Å². The van der Waals surface area contributed by atoms with E-state index in [9.17, 15) is 9.90 Å². The molecule has 0 saturated carbocycles. The highest BCUT2D eigenvalue weighted by Crippen LogP contribution is 2.17. The average Bonchev–Trinajstić information content (AvgIpc) is 2.47. The molecule has 2 N–H and O–H groups in total. The molecule has 1 aromatic rings. The van der Waals surface area contributed by atoms with Gasteiger partial charge >= 0.3 is 0 Å². The number of hydrogen-bond donors (Lipinski definition) is 2. The first-order valence-corrected chi connectivity index (χ1v) is 7.07. The molecule has 1 saturated heterocycles. The number of phenolic OH excluding ortho intramolecular Hbond substituents is 1. The summed E-state index contributed by atoms with van der Waals surface area (Å²) in [5.41, 5.74) is 0.409. The van der Waals surface area contributed by atoms with E-state index in [0.717, 1.165) is 39.3 Å². The number of aromatic hydroxyl groups is 1. The molecule has 1 fully saturated rings. The quantitative estimate of drug-likeness (QED) is 0.745. The van der Waals surface area contributed by atoms with Crippen molar-refractivity contribution < 1.29 is 15.0 Å². The predicted molar refractivity (Wildman–Crippen MR) is 77.0 cm³/mol. The van der Waals surface area contributed by atoms with Crippen LogP contribution in [0.25, 0.3) is 0 Å². The fourth-order valence-electron chi connectivity index (χ4n) is 2.48. The Labute approximate surface area is 119 Å². The van der Waals surface area contributed by atoms with Crippen LogP contribution >= 0.6 is 0 Å². The highest BCUT2D eigenvalue weighted by Gasteiger charge is 2.18. The van der Waals surface area contributed by atoms with Gasteiger partial charge in [0.15, 0.2) is 5.78 Å². The summed E-state index contributed by atoms with van der Waals surface area (Å²) in [6.07, 6.45) is 0.428. The summed E-state index contributed by atoms with van der Waals surface area (Å²) in [6.45, 7) is 5.37. The summed E-state index contributed by atoms with van der Waals surface area (Å²) in [5, 5.41) is 18.5. The van der Waals surface area contributed by atoms with Crippen LogP contribution in [0.5, 0.6) is 5.75 Å². The van der Waals surface area contributed by atoms with Gasteiger partial charge in [0.25, 0.3) is 0 Å². The molecule has 0 aromatic heterocycles. The van der Waals surface area contributed by atoms with Crippen molar-refractivity contribution in [3.63, 3.8) is 0 Å². The summed E-state index contributed by atoms with van der Waals surface area (Å²) in [6, 6.07) is 6.69. The van der Waals surface area contributed by atoms with E-state index in [4.69, 9.17) is 5.11 Å². The Morgan fingerprint density at radius 2 is 1.65 bits per heavy atom. The lowest BCUT2D eigenvalue weighted by Crippen LogP contribution is -2.47. The number of piperazine rings is 1. The average molecular weight is 278 g/mol. The van der Waals surface area contributed by atoms with E-state index in [2.05, 4.69) is 9.80 Å². The smallest absolute Gasteiger partial charge is 0.167 e. The third-order valence-corrected chi connectivity index (χ3v) is 3.74. The fraction of sp³-hybridized carbons (Fsp3) is 0.533. The van der Waals surface area contributed by atoms with Crippen molar-refractivity contribution in [2.24, 2.45) is 0 Å². The topological polar surface area (TPSA) is 64.0 Å². The molecular weight excluding hydrogens is 256 g/mol. The number of rotatable bonds is 6. The van der Waals surface area contributed by atoms with Gasteiger partial charge in [0.2, 0.25) is 0 Å². The standard InChI is InChI=1S/C15H22N2O3/c18-12-11-17-9-7-16(8-10-17)6-5-15(20)13-3-1-2-4-14(13)19/h1-4,18-19H,5-12H2. The number of aliphatic hydroxyl groups is 1. The number of ketones is 1. The first kappa shape index (κ1) is 15.0. The molecule has 0 bridgehead atoms. The molecule has 0 spiro atoms. The Balaban J connectivity index is 1.76. The van der Waals surface area contributed by atoms with Gasteiger partial charge in [0.05, 0.1) is 12.2 Å². The van der Waals surface area contributed by atoms with Crippen LogP contribution in [0.1, 0.15) is 16.8 Å². The largest absolute Gasteiger partial charge is 0.507 e. The van der Waals surface area contributed by atoms with Gasteiger partial charge in [-0.2, -0.15) is 0 Å². The molecule has 20 heavy (non-hydrogen) atoms. The summed E-state index contributed by atoms with van der Waals surface area (Å²) >= 11 is 0. The number of benzene rings is 1. The van der Waals surface area contributed by atoms with Crippen molar-refractivity contribution in [3.8, 4) is 5.75 Å². The Bertz CT molecular complexity index is 442. The molecule has 110 valence electrons. The Morgan fingerprint density at radius 1 is 1.05 bits per heavy atom. The minimum absolute atomic E-state index is 0.0131. The van der Waals surface area contributed by atoms with Crippen LogP contribution < -0.4 is 0 Å². The highest BCUT2D eigenvalue weighted by atomic mass is 16.3. The van der Waals surface area contributed by atoms with Gasteiger partial charge in [-0.15, -0.1) is 0 Å². The number of carbonyl (C=O) groups is 1. The van der Waals surface area contributed by atoms with E-state index in [1.165, 1.54) is 0 Å². The van der Waals surface area contributed by atoms with E-state index in [1.807, 2.05) is 0 Å². The fourth-order valence-corrected chi connectivity index (χ4v) is 2.48. The molecule has 1 aliphatic rings. The summed E-state index contributed by atoms with van der Waals surface area (Å²) in [7, 11) is 0. The Hall–Kier alpha value is -1.43. The van der Waals surface area contributed by atoms with Crippen LogP contribution in [-0.2, 0) is 0 Å². The molecule has 0 amide bonds. The van der Waals surface area contributed by atoms with Crippen LogP contribution in [0, 0.1) is 0 Å². The lowest BCUT2D eigenvalue weighted by atomic mass is 10.1. The number of phenols is 1. The SMILES string of the molecule is O=C(CCN1CCN(CCO)CC1)c1ccccc1O. The first-order chi connectivity index (χ1) is 9.70. The van der Waals surface area contributed by atoms with Gasteiger partial charge in [-0.25, -0.2) is 0 Å². The lowest BCUT2D eigenvalue weighted by molar-refractivity contribution is 0.0905. The minimum Gasteiger partial charge on any atom is -0.507 e. The molecule has 2 rings (SSSR count). The van der Waals surface area contributed by atoms with Gasteiger partial charge in [0, 0.05) is 45.7 Å².